The molecule has 186 valence electrons. The van der Waals surface area contributed by atoms with Crippen LogP contribution in [0.5, 0.6) is 5.75 Å². The molecule has 0 aromatic heterocycles. The second-order valence-corrected chi connectivity index (χ2v) is 9.14. The van der Waals surface area contributed by atoms with E-state index in [9.17, 15) is 14.4 Å². The van der Waals surface area contributed by atoms with Gasteiger partial charge in [0.2, 0.25) is 11.8 Å². The summed E-state index contributed by atoms with van der Waals surface area (Å²) in [5.74, 6) is -0.287. The van der Waals surface area contributed by atoms with E-state index in [2.05, 4.69) is 10.6 Å². The minimum atomic E-state index is -0.377. The van der Waals surface area contributed by atoms with E-state index in [4.69, 9.17) is 4.74 Å². The maximum atomic E-state index is 12.6. The Balaban J connectivity index is 1.24. The molecule has 3 aromatic carbocycles. The Kier molecular flexibility index (Phi) is 8.00. The Bertz CT molecular complexity index is 1200. The molecule has 1 fully saturated rings. The Morgan fingerprint density at radius 3 is 2.36 bits per heavy atom. The van der Waals surface area contributed by atoms with E-state index in [0.717, 1.165) is 28.8 Å². The Hall–Kier alpha value is -4.13. The maximum absolute atomic E-state index is 12.6. The number of rotatable bonds is 9. The van der Waals surface area contributed by atoms with Gasteiger partial charge in [0.15, 0.2) is 6.61 Å². The molecule has 2 N–H and O–H groups in total. The summed E-state index contributed by atoms with van der Waals surface area (Å²) >= 11 is 0. The molecular weight excluding hydrogens is 454 g/mol. The number of nitrogens with one attached hydrogen (secondary N) is 2. The van der Waals surface area contributed by atoms with Crippen LogP contribution in [0.2, 0.25) is 0 Å². The van der Waals surface area contributed by atoms with E-state index in [1.807, 2.05) is 62.4 Å². The van der Waals surface area contributed by atoms with Crippen LogP contribution in [0.4, 0.5) is 11.4 Å². The van der Waals surface area contributed by atoms with Crippen LogP contribution in [0.15, 0.2) is 72.8 Å². The predicted molar refractivity (Wildman–Crippen MR) is 140 cm³/mol. The van der Waals surface area contributed by atoms with Gasteiger partial charge < -0.3 is 20.3 Å². The zero-order valence-electron chi connectivity index (χ0n) is 20.6. The Morgan fingerprint density at radius 1 is 0.972 bits per heavy atom. The summed E-state index contributed by atoms with van der Waals surface area (Å²) in [5.41, 5.74) is 4.75. The van der Waals surface area contributed by atoms with Crippen LogP contribution < -0.4 is 20.3 Å². The molecule has 1 atom stereocenters. The highest BCUT2D eigenvalue weighted by molar-refractivity contribution is 6.00. The van der Waals surface area contributed by atoms with Crippen molar-refractivity contribution >= 4 is 29.1 Å². The van der Waals surface area contributed by atoms with Gasteiger partial charge in [-0.25, -0.2) is 0 Å². The van der Waals surface area contributed by atoms with Crippen LogP contribution in [-0.2, 0) is 20.8 Å². The molecule has 0 spiro atoms. The fraction of sp³-hybridized carbons (Fsp3) is 0.276. The largest absolute Gasteiger partial charge is 0.484 e. The van der Waals surface area contributed by atoms with E-state index >= 15 is 0 Å². The first-order valence-electron chi connectivity index (χ1n) is 12.1. The molecule has 1 saturated heterocycles. The van der Waals surface area contributed by atoms with E-state index in [-0.39, 0.29) is 36.7 Å². The van der Waals surface area contributed by atoms with Gasteiger partial charge in [0.25, 0.3) is 5.91 Å². The number of amides is 3. The second kappa shape index (κ2) is 11.5. The molecule has 0 saturated carbocycles. The van der Waals surface area contributed by atoms with Crippen LogP contribution in [0.25, 0.3) is 0 Å². The van der Waals surface area contributed by atoms with Crippen LogP contribution in [0.1, 0.15) is 23.1 Å². The van der Waals surface area contributed by atoms with Crippen molar-refractivity contribution in [1.29, 1.82) is 0 Å². The highest BCUT2D eigenvalue weighted by Crippen LogP contribution is 2.27. The smallest absolute Gasteiger partial charge is 0.262 e. The first-order valence-corrected chi connectivity index (χ1v) is 12.1. The molecule has 0 aliphatic carbocycles. The lowest BCUT2D eigenvalue weighted by molar-refractivity contribution is -0.126. The van der Waals surface area contributed by atoms with Crippen molar-refractivity contribution in [2.45, 2.75) is 26.7 Å². The molecule has 36 heavy (non-hydrogen) atoms. The van der Waals surface area contributed by atoms with Crippen molar-refractivity contribution in [3.05, 3.63) is 89.5 Å². The zero-order chi connectivity index (χ0) is 25.5. The third-order valence-electron chi connectivity index (χ3n) is 6.08. The summed E-state index contributed by atoms with van der Waals surface area (Å²) in [7, 11) is 0. The number of anilines is 2. The summed E-state index contributed by atoms with van der Waals surface area (Å²) in [6.45, 7) is 4.71. The first kappa shape index (κ1) is 25.0. The monoisotopic (exact) mass is 485 g/mol. The molecule has 7 nitrogen and oxygen atoms in total. The molecule has 0 bridgehead atoms. The van der Waals surface area contributed by atoms with Crippen molar-refractivity contribution in [3.63, 3.8) is 0 Å². The number of ether oxygens (including phenoxy) is 1. The number of aryl methyl sites for hydroxylation is 2. The number of carbonyl (C=O) groups is 3. The first-order chi connectivity index (χ1) is 17.4. The number of hydrogen-bond acceptors (Lipinski definition) is 4. The SMILES string of the molecule is Cc1cc(C)cc(NC(=O)COc2ccc(N3C[C@@H](C(=O)NCCc4ccccc4)CC3=O)cc2)c1. The minimum absolute atomic E-state index is 0.0836. The Labute approximate surface area is 211 Å². The number of benzene rings is 3. The minimum Gasteiger partial charge on any atom is -0.484 e. The van der Waals surface area contributed by atoms with Crippen molar-refractivity contribution < 1.29 is 19.1 Å². The highest BCUT2D eigenvalue weighted by Gasteiger charge is 2.34. The lowest BCUT2D eigenvalue weighted by Gasteiger charge is -2.17. The molecule has 4 rings (SSSR count). The van der Waals surface area contributed by atoms with Crippen molar-refractivity contribution in [3.8, 4) is 5.75 Å². The molecule has 1 aliphatic heterocycles. The lowest BCUT2D eigenvalue weighted by atomic mass is 10.1. The lowest BCUT2D eigenvalue weighted by Crippen LogP contribution is -2.34. The van der Waals surface area contributed by atoms with Crippen LogP contribution in [-0.4, -0.2) is 37.4 Å². The van der Waals surface area contributed by atoms with Gasteiger partial charge in [-0.05, 0) is 73.4 Å². The Morgan fingerprint density at radius 2 is 1.67 bits per heavy atom. The summed E-state index contributed by atoms with van der Waals surface area (Å²) in [6.07, 6.45) is 0.940. The topological polar surface area (TPSA) is 87.7 Å². The number of nitrogens with zero attached hydrogens (tertiary/aromatic N) is 1. The normalized spacial score (nSPS) is 15.0. The van der Waals surface area contributed by atoms with Crippen LogP contribution in [0.3, 0.4) is 0 Å². The van der Waals surface area contributed by atoms with Crippen LogP contribution >= 0.6 is 0 Å². The quantitative estimate of drug-likeness (QED) is 0.479. The summed E-state index contributed by atoms with van der Waals surface area (Å²) in [6, 6.07) is 22.8. The van der Waals surface area contributed by atoms with Gasteiger partial charge in [-0.1, -0.05) is 36.4 Å². The molecule has 0 radical (unpaired) electrons. The second-order valence-electron chi connectivity index (χ2n) is 9.14. The van der Waals surface area contributed by atoms with E-state index in [1.165, 1.54) is 0 Å². The standard InChI is InChI=1S/C29H31N3O4/c1-20-14-21(2)16-24(15-20)31-27(33)19-36-26-10-8-25(9-11-26)32-18-23(17-28(32)34)29(35)30-13-12-22-6-4-3-5-7-22/h3-11,14-16,23H,12-13,17-19H2,1-2H3,(H,30,35)(H,31,33)/t23-/m0/s1. The van der Waals surface area contributed by atoms with Gasteiger partial charge in [-0.2, -0.15) is 0 Å². The van der Waals surface area contributed by atoms with Gasteiger partial charge in [-0.15, -0.1) is 0 Å². The fourth-order valence-corrected chi connectivity index (χ4v) is 4.37. The van der Waals surface area contributed by atoms with Gasteiger partial charge in [0.1, 0.15) is 5.75 Å². The number of hydrogen-bond donors (Lipinski definition) is 2. The third-order valence-corrected chi connectivity index (χ3v) is 6.08. The van der Waals surface area contributed by atoms with Gasteiger partial charge >= 0.3 is 0 Å². The molecule has 1 heterocycles. The average molecular weight is 486 g/mol. The fourth-order valence-electron chi connectivity index (χ4n) is 4.37. The third kappa shape index (κ3) is 6.72. The van der Waals surface area contributed by atoms with E-state index in [1.54, 1.807) is 29.2 Å². The molecule has 3 aromatic rings. The summed E-state index contributed by atoms with van der Waals surface area (Å²) in [5, 5.41) is 5.79. The zero-order valence-corrected chi connectivity index (χ0v) is 20.6. The van der Waals surface area contributed by atoms with Crippen molar-refractivity contribution in [2.75, 3.05) is 29.9 Å². The molecule has 0 unspecified atom stereocenters. The molecule has 7 heteroatoms. The summed E-state index contributed by atoms with van der Waals surface area (Å²) < 4.78 is 5.61. The average Bonchev–Trinajstić information content (AvgIpc) is 3.25. The molecule has 1 aliphatic rings. The van der Waals surface area contributed by atoms with E-state index < -0.39 is 0 Å². The predicted octanol–water partition coefficient (Wildman–Crippen LogP) is 4.03. The highest BCUT2D eigenvalue weighted by atomic mass is 16.5. The molecule has 3 amide bonds. The number of carbonyl (C=O) groups excluding carboxylic acids is 3. The van der Waals surface area contributed by atoms with Gasteiger partial charge in [-0.3, -0.25) is 14.4 Å². The van der Waals surface area contributed by atoms with Crippen molar-refractivity contribution in [2.24, 2.45) is 5.92 Å². The van der Waals surface area contributed by atoms with Gasteiger partial charge in [0, 0.05) is 30.9 Å². The maximum Gasteiger partial charge on any atom is 0.262 e. The van der Waals surface area contributed by atoms with Crippen LogP contribution in [0, 0.1) is 19.8 Å². The van der Waals surface area contributed by atoms with Crippen molar-refractivity contribution in [1.82, 2.24) is 5.32 Å². The van der Waals surface area contributed by atoms with Gasteiger partial charge in [0.05, 0.1) is 5.92 Å². The summed E-state index contributed by atoms with van der Waals surface area (Å²) in [4.78, 5) is 39.0. The van der Waals surface area contributed by atoms with E-state index in [0.29, 0.717) is 24.5 Å². The molecular formula is C29H31N3O4.